The monoisotopic (exact) mass is 789 g/mol. The Labute approximate surface area is 314 Å². The topological polar surface area (TPSA) is 160 Å². The van der Waals surface area contributed by atoms with Crippen molar-refractivity contribution in [1.82, 2.24) is 20.1 Å². The third kappa shape index (κ3) is 8.68. The van der Waals surface area contributed by atoms with E-state index in [0.717, 1.165) is 34.0 Å². The minimum atomic E-state index is -5.80. The fraction of sp³-hybridized carbons (Fsp3) is 0.417. The van der Waals surface area contributed by atoms with Crippen molar-refractivity contribution in [3.8, 4) is 10.6 Å². The molecular weight excluding hydrogens is 748 g/mol. The van der Waals surface area contributed by atoms with Gasteiger partial charge in [-0.1, -0.05) is 32.8 Å². The van der Waals surface area contributed by atoms with Crippen molar-refractivity contribution < 1.29 is 42.3 Å². The maximum Gasteiger partial charge on any atom is 0.399 e. The summed E-state index contributed by atoms with van der Waals surface area (Å²) in [5.74, 6) is -1.84. The van der Waals surface area contributed by atoms with Gasteiger partial charge in [-0.15, -0.1) is 22.7 Å². The number of hydrogen-bond donors (Lipinski definition) is 3. The lowest BCUT2D eigenvalue weighted by molar-refractivity contribution is -0.140. The average molecular weight is 790 g/mol. The van der Waals surface area contributed by atoms with Crippen molar-refractivity contribution >= 4 is 69.7 Å². The zero-order chi connectivity index (χ0) is 38.7. The van der Waals surface area contributed by atoms with Gasteiger partial charge in [0.25, 0.3) is 5.91 Å². The lowest BCUT2D eigenvalue weighted by Crippen LogP contribution is -2.56. The van der Waals surface area contributed by atoms with Gasteiger partial charge < -0.3 is 29.8 Å². The molecule has 1 fully saturated rings. The van der Waals surface area contributed by atoms with E-state index in [1.807, 2.05) is 31.4 Å². The number of thiazole rings is 1. The van der Waals surface area contributed by atoms with E-state index in [2.05, 4.69) is 10.3 Å². The van der Waals surface area contributed by atoms with Crippen LogP contribution in [-0.4, -0.2) is 87.5 Å². The molecule has 0 radical (unpaired) electrons. The van der Waals surface area contributed by atoms with E-state index >= 15 is 0 Å². The highest BCUT2D eigenvalue weighted by molar-refractivity contribution is 7.52. The molecule has 12 nitrogen and oxygen atoms in total. The van der Waals surface area contributed by atoms with Crippen LogP contribution in [0.1, 0.15) is 61.2 Å². The first-order valence-electron chi connectivity index (χ1n) is 17.2. The van der Waals surface area contributed by atoms with Crippen LogP contribution in [0.15, 0.2) is 60.1 Å². The van der Waals surface area contributed by atoms with Crippen molar-refractivity contribution in [3.05, 3.63) is 70.5 Å². The summed E-state index contributed by atoms with van der Waals surface area (Å²) in [6.45, 7) is 4.17. The number of carbonyl (C=O) groups is 4. The maximum atomic E-state index is 14.4. The summed E-state index contributed by atoms with van der Waals surface area (Å²) in [5.41, 5.74) is -3.85. The second kappa shape index (κ2) is 16.5. The number of amides is 4. The fourth-order valence-electron chi connectivity index (χ4n) is 6.46. The average Bonchev–Trinajstić information content (AvgIpc) is 3.92. The summed E-state index contributed by atoms with van der Waals surface area (Å²) >= 11 is 2.47. The molecule has 3 N–H and O–H groups in total. The summed E-state index contributed by atoms with van der Waals surface area (Å²) in [7, 11) is -2.52. The molecule has 53 heavy (non-hydrogen) atoms. The highest BCUT2D eigenvalue weighted by atomic mass is 32.1. The highest BCUT2D eigenvalue weighted by Crippen LogP contribution is 2.59. The van der Waals surface area contributed by atoms with Crippen molar-refractivity contribution in [3.63, 3.8) is 0 Å². The van der Waals surface area contributed by atoms with E-state index in [-0.39, 0.29) is 47.5 Å². The summed E-state index contributed by atoms with van der Waals surface area (Å²) in [4.78, 5) is 82.5. The third-order valence-electron chi connectivity index (χ3n) is 9.52. The second-order valence-corrected chi connectivity index (χ2v) is 16.7. The number of fused-ring (bicyclic) bond motifs is 1. The maximum absolute atomic E-state index is 14.4. The lowest BCUT2D eigenvalue weighted by atomic mass is 9.92. The molecule has 3 heterocycles. The van der Waals surface area contributed by atoms with Gasteiger partial charge in [-0.3, -0.25) is 23.7 Å². The van der Waals surface area contributed by atoms with Crippen LogP contribution in [0.5, 0.6) is 0 Å². The third-order valence-corrected chi connectivity index (χ3v) is 12.4. The van der Waals surface area contributed by atoms with E-state index < -0.39 is 42.7 Å². The normalized spacial score (nSPS) is 15.5. The van der Waals surface area contributed by atoms with Crippen LogP contribution in [-0.2, 0) is 24.6 Å². The molecule has 0 spiro atoms. The number of benzene rings is 2. The molecule has 1 saturated heterocycles. The molecule has 1 aliphatic heterocycles. The predicted molar refractivity (Wildman–Crippen MR) is 201 cm³/mol. The molecule has 4 aromatic rings. The Morgan fingerprint density at radius 2 is 1.77 bits per heavy atom. The Hall–Kier alpha value is -4.08. The van der Waals surface area contributed by atoms with E-state index in [0.29, 0.717) is 36.1 Å². The zero-order valence-electron chi connectivity index (χ0n) is 29.7. The number of nitrogens with zero attached hydrogens (tertiary/aromatic N) is 4. The Bertz CT molecular complexity index is 2000. The number of anilines is 1. The van der Waals surface area contributed by atoms with Crippen LogP contribution in [0, 0.1) is 5.92 Å². The Morgan fingerprint density at radius 3 is 2.38 bits per heavy atom. The Balaban J connectivity index is 1.40. The molecule has 2 atom stereocenters. The number of likely N-dealkylation sites (tertiary alicyclic amines) is 1. The number of aromatic nitrogens is 1. The van der Waals surface area contributed by atoms with Crippen molar-refractivity contribution in [2.45, 2.75) is 63.7 Å². The molecule has 2 aromatic carbocycles. The molecule has 5 rings (SSSR count). The summed E-state index contributed by atoms with van der Waals surface area (Å²) in [5, 5.41) is 5.74. The van der Waals surface area contributed by atoms with Gasteiger partial charge in [0, 0.05) is 66.7 Å². The van der Waals surface area contributed by atoms with Crippen LogP contribution in [0.25, 0.3) is 20.7 Å². The minimum absolute atomic E-state index is 0.0632. The molecule has 0 bridgehead atoms. The first-order chi connectivity index (χ1) is 25.1. The number of thiophene rings is 1. The summed E-state index contributed by atoms with van der Waals surface area (Å²) < 4.78 is 40.7. The first kappa shape index (κ1) is 40.1. The quantitative estimate of drug-likeness (QED) is 0.126. The lowest BCUT2D eigenvalue weighted by Gasteiger charge is -2.34. The van der Waals surface area contributed by atoms with Gasteiger partial charge in [0.05, 0.1) is 4.88 Å². The molecule has 0 aliphatic carbocycles. The number of nitrogens with one attached hydrogen (secondary N) is 1. The number of carbonyl (C=O) groups excluding carboxylic acids is 4. The van der Waals surface area contributed by atoms with Crippen LogP contribution in [0.2, 0.25) is 0 Å². The number of hydrogen-bond acceptors (Lipinski definition) is 8. The zero-order valence-corrected chi connectivity index (χ0v) is 32.2. The van der Waals surface area contributed by atoms with Gasteiger partial charge in [-0.05, 0) is 66.6 Å². The standard InChI is InChI=1S/C36H42F2N5O7PS2/c1-5-22(6-2)31(40-32(45)29-21-24-20-25(11-14-28(24)53-29)36(37,38)51(48,49)50)35(47)43-17-7-8-27(43)34(46)42(18-15-30(44)41(3)4)26-12-9-23(10-13-26)33-39-16-19-52-33/h9-14,16,19-22,27,31H,5-8,15,17-18H2,1-4H3,(H,40,45)(H2,48,49,50)/t27-,31-/m0/s1. The van der Waals surface area contributed by atoms with Crippen molar-refractivity contribution in [2.24, 2.45) is 5.92 Å². The van der Waals surface area contributed by atoms with E-state index in [1.165, 1.54) is 38.2 Å². The van der Waals surface area contributed by atoms with Crippen LogP contribution in [0.4, 0.5) is 14.5 Å². The smallest absolute Gasteiger partial charge is 0.349 e. The molecule has 1 aliphatic rings. The van der Waals surface area contributed by atoms with E-state index in [9.17, 15) is 42.3 Å². The van der Waals surface area contributed by atoms with Crippen molar-refractivity contribution in [2.75, 3.05) is 32.1 Å². The highest BCUT2D eigenvalue weighted by Gasteiger charge is 2.50. The van der Waals surface area contributed by atoms with E-state index in [4.69, 9.17) is 0 Å². The van der Waals surface area contributed by atoms with Gasteiger partial charge >= 0.3 is 13.3 Å². The van der Waals surface area contributed by atoms with Crippen LogP contribution in [0.3, 0.4) is 0 Å². The molecule has 2 aromatic heterocycles. The molecule has 284 valence electrons. The first-order valence-corrected chi connectivity index (χ1v) is 20.5. The van der Waals surface area contributed by atoms with Crippen LogP contribution >= 0.6 is 30.3 Å². The number of halogens is 2. The van der Waals surface area contributed by atoms with Crippen molar-refractivity contribution in [1.29, 1.82) is 0 Å². The van der Waals surface area contributed by atoms with Gasteiger partial charge in [-0.25, -0.2) is 4.98 Å². The van der Waals surface area contributed by atoms with Crippen LogP contribution < -0.4 is 10.2 Å². The van der Waals surface area contributed by atoms with Gasteiger partial charge in [0.2, 0.25) is 17.7 Å². The number of alkyl halides is 2. The minimum Gasteiger partial charge on any atom is -0.349 e. The molecule has 0 unspecified atom stereocenters. The predicted octanol–water partition coefficient (Wildman–Crippen LogP) is 6.29. The fourth-order valence-corrected chi connectivity index (χ4v) is 8.52. The summed E-state index contributed by atoms with van der Waals surface area (Å²) in [6.07, 6.45) is 3.79. The summed E-state index contributed by atoms with van der Waals surface area (Å²) in [6, 6.07) is 9.92. The number of rotatable bonds is 14. The largest absolute Gasteiger partial charge is 0.399 e. The molecule has 17 heteroatoms. The SMILES string of the molecule is CCC(CC)[C@H](NC(=O)c1cc2cc(C(F)(F)P(=O)(O)O)ccc2s1)C(=O)N1CCC[C@H]1C(=O)N(CCC(=O)N(C)C)c1ccc(-c2nccs2)cc1. The Kier molecular flexibility index (Phi) is 12.5. The van der Waals surface area contributed by atoms with Gasteiger partial charge in [0.15, 0.2) is 0 Å². The second-order valence-electron chi connectivity index (χ2n) is 13.1. The van der Waals surface area contributed by atoms with Gasteiger partial charge in [-0.2, -0.15) is 8.78 Å². The van der Waals surface area contributed by atoms with E-state index in [1.54, 1.807) is 32.4 Å². The molecule has 4 amide bonds. The van der Waals surface area contributed by atoms with Gasteiger partial charge in [0.1, 0.15) is 17.1 Å². The molecular formula is C36H42F2N5O7PS2. The Morgan fingerprint density at radius 1 is 1.08 bits per heavy atom. The molecule has 0 saturated carbocycles.